The summed E-state index contributed by atoms with van der Waals surface area (Å²) in [5, 5.41) is 1.17. The molecule has 0 aliphatic carbocycles. The zero-order valence-corrected chi connectivity index (χ0v) is 17.6. The van der Waals surface area contributed by atoms with Gasteiger partial charge in [-0.05, 0) is 44.4 Å². The molecule has 0 amide bonds. The van der Waals surface area contributed by atoms with E-state index < -0.39 is 22.0 Å². The van der Waals surface area contributed by atoms with Gasteiger partial charge in [-0.25, -0.2) is 18.1 Å². The number of esters is 1. The van der Waals surface area contributed by atoms with Gasteiger partial charge in [0.1, 0.15) is 17.8 Å². The fourth-order valence-electron chi connectivity index (χ4n) is 2.59. The Labute approximate surface area is 165 Å². The van der Waals surface area contributed by atoms with Gasteiger partial charge in [-0.1, -0.05) is 37.1 Å². The summed E-state index contributed by atoms with van der Waals surface area (Å²) < 4.78 is 31.3. The van der Waals surface area contributed by atoms with E-state index in [4.69, 9.17) is 16.3 Å². The minimum atomic E-state index is -3.51. The van der Waals surface area contributed by atoms with E-state index in [-0.39, 0.29) is 17.5 Å². The molecule has 27 heavy (non-hydrogen) atoms. The van der Waals surface area contributed by atoms with Gasteiger partial charge in [0.2, 0.25) is 10.0 Å². The summed E-state index contributed by atoms with van der Waals surface area (Å²) in [6.45, 7) is 7.26. The van der Waals surface area contributed by atoms with E-state index in [0.717, 1.165) is 28.5 Å². The number of pyridine rings is 1. The van der Waals surface area contributed by atoms with Gasteiger partial charge in [-0.2, -0.15) is 0 Å². The third-order valence-corrected chi connectivity index (χ3v) is 6.25. The second-order valence-electron chi connectivity index (χ2n) is 6.64. The van der Waals surface area contributed by atoms with Gasteiger partial charge >= 0.3 is 5.97 Å². The number of sulfonamides is 1. The van der Waals surface area contributed by atoms with Crippen LogP contribution in [0.25, 0.3) is 10.9 Å². The number of fused-ring (bicyclic) bond motifs is 1. The predicted molar refractivity (Wildman–Crippen MR) is 107 cm³/mol. The quantitative estimate of drug-likeness (QED) is 0.528. The maximum Gasteiger partial charge on any atom is 0.324 e. The molecule has 0 saturated carbocycles. The summed E-state index contributed by atoms with van der Waals surface area (Å²) in [7, 11) is -3.51. The molecule has 1 atom stereocenters. The Morgan fingerprint density at radius 2 is 2.04 bits per heavy atom. The molecule has 0 aliphatic heterocycles. The average Bonchev–Trinajstić information content (AvgIpc) is 2.61. The summed E-state index contributed by atoms with van der Waals surface area (Å²) in [5.74, 6) is -0.674. The van der Waals surface area contributed by atoms with Crippen molar-refractivity contribution < 1.29 is 17.9 Å². The van der Waals surface area contributed by atoms with E-state index >= 15 is 0 Å². The Morgan fingerprint density at radius 3 is 2.70 bits per heavy atom. The van der Waals surface area contributed by atoms with Gasteiger partial charge in [0.05, 0.1) is 11.3 Å². The van der Waals surface area contributed by atoms with Crippen LogP contribution in [0.15, 0.2) is 18.2 Å². The van der Waals surface area contributed by atoms with Crippen LogP contribution in [0.4, 0.5) is 0 Å². The maximum absolute atomic E-state index is 12.1. The molecule has 8 heteroatoms. The molecule has 0 unspecified atom stereocenters. The highest BCUT2D eigenvalue weighted by Crippen LogP contribution is 2.25. The van der Waals surface area contributed by atoms with Crippen LogP contribution in [0.1, 0.15) is 43.4 Å². The van der Waals surface area contributed by atoms with Crippen molar-refractivity contribution in [2.24, 2.45) is 0 Å². The molecule has 2 rings (SSSR count). The molecule has 0 bridgehead atoms. The highest BCUT2D eigenvalue weighted by molar-refractivity contribution is 7.89. The van der Waals surface area contributed by atoms with Crippen LogP contribution in [0.2, 0.25) is 5.15 Å². The lowest BCUT2D eigenvalue weighted by Gasteiger charge is -2.14. The summed E-state index contributed by atoms with van der Waals surface area (Å²) in [5.41, 5.74) is 3.55. The van der Waals surface area contributed by atoms with Crippen molar-refractivity contribution in [1.29, 1.82) is 0 Å². The fourth-order valence-corrected chi connectivity index (χ4v) is 4.21. The number of carbonyl (C=O) groups excluding carboxylic acids is 1. The van der Waals surface area contributed by atoms with Gasteiger partial charge in [-0.3, -0.25) is 4.79 Å². The van der Waals surface area contributed by atoms with Crippen LogP contribution in [0.3, 0.4) is 0 Å². The van der Waals surface area contributed by atoms with Gasteiger partial charge in [0, 0.05) is 10.9 Å². The van der Waals surface area contributed by atoms with E-state index in [9.17, 15) is 13.2 Å². The van der Waals surface area contributed by atoms with Crippen molar-refractivity contribution in [3.8, 4) is 0 Å². The fraction of sp³-hybridized carbons (Fsp3) is 0.474. The number of aryl methyl sites for hydroxylation is 2. The second kappa shape index (κ2) is 8.99. The Kier molecular flexibility index (Phi) is 7.19. The van der Waals surface area contributed by atoms with Gasteiger partial charge < -0.3 is 4.74 Å². The molecule has 0 aliphatic rings. The Balaban J connectivity index is 2.06. The van der Waals surface area contributed by atoms with E-state index in [0.29, 0.717) is 12.0 Å². The molecular weight excluding hydrogens is 388 g/mol. The predicted octanol–water partition coefficient (Wildman–Crippen LogP) is 3.66. The normalized spacial score (nSPS) is 12.9. The summed E-state index contributed by atoms with van der Waals surface area (Å²) in [6, 6.07) is 4.80. The largest absolute Gasteiger partial charge is 0.460 e. The van der Waals surface area contributed by atoms with E-state index in [1.165, 1.54) is 6.92 Å². The molecule has 6 nitrogen and oxygen atoms in total. The number of ether oxygens (including phenoxy) is 1. The number of carbonyl (C=O) groups is 1. The van der Waals surface area contributed by atoms with Crippen molar-refractivity contribution in [2.75, 3.05) is 5.75 Å². The maximum atomic E-state index is 12.1. The molecule has 0 fully saturated rings. The molecule has 0 radical (unpaired) electrons. The average molecular weight is 413 g/mol. The summed E-state index contributed by atoms with van der Waals surface area (Å²) in [4.78, 5) is 16.5. The smallest absolute Gasteiger partial charge is 0.324 e. The number of halogens is 1. The molecule has 1 aromatic heterocycles. The minimum absolute atomic E-state index is 0.0136. The number of nitrogens with zero attached hydrogens (tertiary/aromatic N) is 1. The molecule has 1 heterocycles. The van der Waals surface area contributed by atoms with Gasteiger partial charge in [-0.15, -0.1) is 0 Å². The minimum Gasteiger partial charge on any atom is -0.460 e. The van der Waals surface area contributed by atoms with Crippen molar-refractivity contribution in [3.05, 3.63) is 40.0 Å². The number of nitrogens with one attached hydrogen (secondary N) is 1. The number of hydrogen-bond acceptors (Lipinski definition) is 5. The molecule has 0 spiro atoms. The first kappa shape index (κ1) is 21.6. The topological polar surface area (TPSA) is 85.4 Å². The lowest BCUT2D eigenvalue weighted by atomic mass is 10.0. The first-order valence-corrected chi connectivity index (χ1v) is 10.9. The van der Waals surface area contributed by atoms with Crippen LogP contribution in [0.5, 0.6) is 0 Å². The monoisotopic (exact) mass is 412 g/mol. The molecular formula is C19H25ClN2O4S. The molecule has 148 valence electrons. The number of aromatic nitrogens is 1. The Hall–Kier alpha value is -1.70. The third kappa shape index (κ3) is 5.64. The Bertz CT molecular complexity index is 944. The molecule has 1 N–H and O–H groups in total. The SMILES string of the molecule is CCCCS(=O)(=O)N[C@@H](C)C(=O)OCc1cc2ccc(C)c(C)c2nc1Cl. The lowest BCUT2D eigenvalue weighted by Crippen LogP contribution is -2.40. The summed E-state index contributed by atoms with van der Waals surface area (Å²) in [6.07, 6.45) is 1.29. The molecule has 2 aromatic rings. The van der Waals surface area contributed by atoms with Crippen LogP contribution in [-0.4, -0.2) is 31.2 Å². The zero-order valence-electron chi connectivity index (χ0n) is 16.0. The molecule has 0 saturated heterocycles. The number of rotatable bonds is 8. The zero-order chi connectivity index (χ0) is 20.2. The lowest BCUT2D eigenvalue weighted by molar-refractivity contribution is -0.146. The first-order chi connectivity index (χ1) is 12.6. The van der Waals surface area contributed by atoms with Crippen LogP contribution in [0, 0.1) is 13.8 Å². The van der Waals surface area contributed by atoms with Gasteiger partial charge in [0.25, 0.3) is 0 Å². The van der Waals surface area contributed by atoms with Crippen molar-refractivity contribution >= 4 is 38.5 Å². The van der Waals surface area contributed by atoms with Crippen LogP contribution >= 0.6 is 11.6 Å². The van der Waals surface area contributed by atoms with E-state index in [1.54, 1.807) is 0 Å². The Morgan fingerprint density at radius 1 is 1.33 bits per heavy atom. The number of hydrogen-bond donors (Lipinski definition) is 1. The van der Waals surface area contributed by atoms with E-state index in [1.807, 2.05) is 39.0 Å². The van der Waals surface area contributed by atoms with Crippen LogP contribution < -0.4 is 4.72 Å². The standard InChI is InChI=1S/C19H25ClN2O4S/c1-5-6-9-27(24,25)22-14(4)19(23)26-11-16-10-15-8-7-12(2)13(3)17(15)21-18(16)20/h7-8,10,14,22H,5-6,9,11H2,1-4H3/t14-/m0/s1. The van der Waals surface area contributed by atoms with Gasteiger partial charge in [0.15, 0.2) is 0 Å². The highest BCUT2D eigenvalue weighted by atomic mass is 35.5. The molecule has 1 aromatic carbocycles. The summed E-state index contributed by atoms with van der Waals surface area (Å²) >= 11 is 6.24. The third-order valence-electron chi connectivity index (χ3n) is 4.38. The van der Waals surface area contributed by atoms with Crippen molar-refractivity contribution in [3.63, 3.8) is 0 Å². The number of benzene rings is 1. The first-order valence-electron chi connectivity index (χ1n) is 8.86. The number of unbranched alkanes of at least 4 members (excludes halogenated alkanes) is 1. The highest BCUT2D eigenvalue weighted by Gasteiger charge is 2.21. The van der Waals surface area contributed by atoms with E-state index in [2.05, 4.69) is 9.71 Å². The second-order valence-corrected chi connectivity index (χ2v) is 8.87. The van der Waals surface area contributed by atoms with Crippen LogP contribution in [-0.2, 0) is 26.2 Å². The van der Waals surface area contributed by atoms with Crippen molar-refractivity contribution in [2.45, 2.75) is 53.2 Å². The van der Waals surface area contributed by atoms with Crippen molar-refractivity contribution in [1.82, 2.24) is 9.71 Å².